The third kappa shape index (κ3) is 7.05. The number of para-hydroxylation sites is 2. The summed E-state index contributed by atoms with van der Waals surface area (Å²) in [5.41, 5.74) is 2.88. The van der Waals surface area contributed by atoms with E-state index in [0.717, 1.165) is 23.4 Å². The first-order chi connectivity index (χ1) is 20.0. The van der Waals surface area contributed by atoms with Crippen molar-refractivity contribution in [2.24, 2.45) is 0 Å². The summed E-state index contributed by atoms with van der Waals surface area (Å²) in [4.78, 5) is 41.4. The van der Waals surface area contributed by atoms with Crippen LogP contribution in [0.4, 0.5) is 22.7 Å². The summed E-state index contributed by atoms with van der Waals surface area (Å²) in [5, 5.41) is 5.66. The Bertz CT molecular complexity index is 1510. The van der Waals surface area contributed by atoms with Crippen molar-refractivity contribution in [1.82, 2.24) is 0 Å². The molecule has 2 N–H and O–H groups in total. The maximum absolute atomic E-state index is 13.3. The van der Waals surface area contributed by atoms with E-state index in [0.29, 0.717) is 40.8 Å². The van der Waals surface area contributed by atoms with Gasteiger partial charge in [-0.2, -0.15) is 0 Å². The van der Waals surface area contributed by atoms with E-state index in [1.165, 1.54) is 19.2 Å². The van der Waals surface area contributed by atoms with Crippen LogP contribution in [-0.4, -0.2) is 44.7 Å². The molecule has 0 bridgehead atoms. The van der Waals surface area contributed by atoms with Crippen molar-refractivity contribution >= 4 is 52.6 Å². The van der Waals surface area contributed by atoms with Gasteiger partial charge in [0, 0.05) is 40.4 Å². The van der Waals surface area contributed by atoms with Crippen molar-refractivity contribution in [1.29, 1.82) is 0 Å². The normalized spacial score (nSPS) is 12.2. The number of amides is 2. The molecule has 10 heteroatoms. The van der Waals surface area contributed by atoms with Gasteiger partial charge in [0.25, 0.3) is 5.91 Å². The number of benzene rings is 4. The van der Waals surface area contributed by atoms with E-state index in [1.54, 1.807) is 24.3 Å². The van der Waals surface area contributed by atoms with Gasteiger partial charge >= 0.3 is 5.97 Å². The number of rotatable bonds is 8. The molecule has 41 heavy (non-hydrogen) atoms. The van der Waals surface area contributed by atoms with Gasteiger partial charge in [-0.25, -0.2) is 4.79 Å². The molecule has 2 amide bonds. The minimum atomic E-state index is -0.609. The number of hydrogen-bond acceptors (Lipinski definition) is 8. The van der Waals surface area contributed by atoms with E-state index < -0.39 is 11.9 Å². The lowest BCUT2D eigenvalue weighted by Crippen LogP contribution is -2.29. The molecule has 1 aliphatic rings. The van der Waals surface area contributed by atoms with Crippen molar-refractivity contribution < 1.29 is 28.0 Å². The lowest BCUT2D eigenvalue weighted by molar-refractivity contribution is -0.114. The molecule has 4 aromatic carbocycles. The SMILES string of the molecule is COC(=O)c1cc(NC(=O)CN(c2ccccc2)c2ccccc2)cc(NC(=O)c2ccc3c(c2)SOCCO3)c1. The van der Waals surface area contributed by atoms with Crippen LogP contribution in [0.3, 0.4) is 0 Å². The van der Waals surface area contributed by atoms with Gasteiger partial charge in [-0.15, -0.1) is 0 Å². The molecular formula is C31H27N3O6S. The number of carbonyl (C=O) groups excluding carboxylic acids is 3. The summed E-state index contributed by atoms with van der Waals surface area (Å²) < 4.78 is 15.9. The monoisotopic (exact) mass is 569 g/mol. The van der Waals surface area contributed by atoms with Crippen molar-refractivity contribution in [3.63, 3.8) is 0 Å². The van der Waals surface area contributed by atoms with Gasteiger partial charge in [-0.05, 0) is 60.7 Å². The maximum Gasteiger partial charge on any atom is 0.337 e. The predicted octanol–water partition coefficient (Wildman–Crippen LogP) is 5.92. The summed E-state index contributed by atoms with van der Waals surface area (Å²) >= 11 is 1.15. The van der Waals surface area contributed by atoms with Crippen LogP contribution < -0.4 is 20.3 Å². The van der Waals surface area contributed by atoms with Gasteiger partial charge in [0.2, 0.25) is 5.91 Å². The Balaban J connectivity index is 1.36. The summed E-state index contributed by atoms with van der Waals surface area (Å²) in [5.74, 6) is -0.694. The number of nitrogens with one attached hydrogen (secondary N) is 2. The number of carbonyl (C=O) groups is 3. The Morgan fingerprint density at radius 2 is 1.46 bits per heavy atom. The minimum Gasteiger partial charge on any atom is -0.490 e. The second-order valence-electron chi connectivity index (χ2n) is 8.97. The molecule has 0 aliphatic carbocycles. The average molecular weight is 570 g/mol. The smallest absolute Gasteiger partial charge is 0.337 e. The van der Waals surface area contributed by atoms with Crippen LogP contribution in [0.2, 0.25) is 0 Å². The minimum absolute atomic E-state index is 0.00903. The number of ether oxygens (including phenoxy) is 2. The van der Waals surface area contributed by atoms with Crippen molar-refractivity contribution in [2.75, 3.05) is 42.4 Å². The molecule has 0 fully saturated rings. The number of nitrogens with zero attached hydrogens (tertiary/aromatic N) is 1. The molecule has 0 unspecified atom stereocenters. The fourth-order valence-electron chi connectivity index (χ4n) is 4.23. The van der Waals surface area contributed by atoms with Crippen LogP contribution >= 0.6 is 12.0 Å². The number of fused-ring (bicyclic) bond motifs is 1. The quantitative estimate of drug-likeness (QED) is 0.199. The zero-order valence-electron chi connectivity index (χ0n) is 22.2. The first-order valence-electron chi connectivity index (χ1n) is 12.8. The van der Waals surface area contributed by atoms with E-state index in [2.05, 4.69) is 10.6 Å². The third-order valence-corrected chi connectivity index (χ3v) is 6.90. The molecule has 1 heterocycles. The highest BCUT2D eigenvalue weighted by Gasteiger charge is 2.18. The molecule has 0 saturated heterocycles. The molecule has 5 rings (SSSR count). The van der Waals surface area contributed by atoms with Crippen molar-refractivity contribution in [2.45, 2.75) is 4.90 Å². The Morgan fingerprint density at radius 1 is 0.805 bits per heavy atom. The van der Waals surface area contributed by atoms with Crippen LogP contribution in [-0.2, 0) is 13.7 Å². The van der Waals surface area contributed by atoms with Gasteiger partial charge in [-0.1, -0.05) is 36.4 Å². The molecule has 0 saturated carbocycles. The third-order valence-electron chi connectivity index (χ3n) is 6.11. The molecule has 1 aliphatic heterocycles. The fraction of sp³-hybridized carbons (Fsp3) is 0.129. The van der Waals surface area contributed by atoms with Crippen LogP contribution in [0.1, 0.15) is 20.7 Å². The van der Waals surface area contributed by atoms with Gasteiger partial charge in [0.1, 0.15) is 18.9 Å². The standard InChI is InChI=1S/C31H27N3O6S/c1-38-31(37)22-16-23(32-29(35)20-34(25-8-4-2-5-9-25)26-10-6-3-7-11-26)19-24(17-22)33-30(36)21-12-13-27-28(18-21)41-40-15-14-39-27/h2-13,16-19H,14-15,20H2,1H3,(H,32,35)(H,33,36). The van der Waals surface area contributed by atoms with E-state index in [-0.39, 0.29) is 18.0 Å². The highest BCUT2D eigenvalue weighted by Crippen LogP contribution is 2.33. The van der Waals surface area contributed by atoms with Gasteiger partial charge in [-0.3, -0.25) is 9.59 Å². The summed E-state index contributed by atoms with van der Waals surface area (Å²) in [6, 6.07) is 28.7. The molecule has 0 spiro atoms. The fourth-order valence-corrected chi connectivity index (χ4v) is 4.89. The second-order valence-corrected chi connectivity index (χ2v) is 9.81. The average Bonchev–Trinajstić information content (AvgIpc) is 3.25. The Morgan fingerprint density at radius 3 is 2.12 bits per heavy atom. The van der Waals surface area contributed by atoms with E-state index >= 15 is 0 Å². The lowest BCUT2D eigenvalue weighted by atomic mass is 10.1. The zero-order valence-corrected chi connectivity index (χ0v) is 23.0. The maximum atomic E-state index is 13.3. The number of methoxy groups -OCH3 is 1. The van der Waals surface area contributed by atoms with Crippen LogP contribution in [0, 0.1) is 0 Å². The molecule has 208 valence electrons. The van der Waals surface area contributed by atoms with E-state index in [9.17, 15) is 14.4 Å². The first-order valence-corrected chi connectivity index (χ1v) is 13.5. The molecule has 0 radical (unpaired) electrons. The molecule has 9 nitrogen and oxygen atoms in total. The summed E-state index contributed by atoms with van der Waals surface area (Å²) in [7, 11) is 1.26. The van der Waals surface area contributed by atoms with Crippen molar-refractivity contribution in [3.05, 3.63) is 108 Å². The second kappa shape index (κ2) is 13.0. The first kappa shape index (κ1) is 27.8. The number of anilines is 4. The Labute approximate surface area is 241 Å². The number of esters is 1. The largest absolute Gasteiger partial charge is 0.490 e. The van der Waals surface area contributed by atoms with Gasteiger partial charge < -0.3 is 29.2 Å². The topological polar surface area (TPSA) is 106 Å². The van der Waals surface area contributed by atoms with Crippen molar-refractivity contribution in [3.8, 4) is 5.75 Å². The number of hydrogen-bond donors (Lipinski definition) is 2. The molecule has 0 aromatic heterocycles. The predicted molar refractivity (Wildman–Crippen MR) is 158 cm³/mol. The molecular weight excluding hydrogens is 542 g/mol. The van der Waals surface area contributed by atoms with Crippen LogP contribution in [0.5, 0.6) is 5.75 Å². The van der Waals surface area contributed by atoms with Crippen LogP contribution in [0.25, 0.3) is 0 Å². The van der Waals surface area contributed by atoms with E-state index in [1.807, 2.05) is 65.6 Å². The van der Waals surface area contributed by atoms with E-state index in [4.69, 9.17) is 13.7 Å². The van der Waals surface area contributed by atoms with Crippen LogP contribution in [0.15, 0.2) is 102 Å². The highest BCUT2D eigenvalue weighted by atomic mass is 32.2. The Hall–Kier alpha value is -4.80. The summed E-state index contributed by atoms with van der Waals surface area (Å²) in [6.45, 7) is 0.869. The molecule has 4 aromatic rings. The van der Waals surface area contributed by atoms with Gasteiger partial charge in [0.15, 0.2) is 0 Å². The summed E-state index contributed by atoms with van der Waals surface area (Å²) in [6.07, 6.45) is 0. The molecule has 0 atom stereocenters. The zero-order chi connectivity index (χ0) is 28.6. The van der Waals surface area contributed by atoms with Gasteiger partial charge in [0.05, 0.1) is 24.2 Å². The lowest BCUT2D eigenvalue weighted by Gasteiger charge is -2.24. The Kier molecular flexibility index (Phi) is 8.82. The highest BCUT2D eigenvalue weighted by molar-refractivity contribution is 7.94.